The lowest BCUT2D eigenvalue weighted by molar-refractivity contribution is 1.17. The summed E-state index contributed by atoms with van der Waals surface area (Å²) in [5.41, 5.74) is 4.85. The standard InChI is InChI=1S/C15H14N2O/c1-9-8-12-13(15(18)16-9)10(2)14(17-12)11-6-4-3-5-7-11/h3-8,17H,1-2H3,(H,16,18). The van der Waals surface area contributed by atoms with Gasteiger partial charge in [0.2, 0.25) is 0 Å². The van der Waals surface area contributed by atoms with Crippen LogP contribution in [-0.2, 0) is 0 Å². The highest BCUT2D eigenvalue weighted by atomic mass is 16.1. The fraction of sp³-hybridized carbons (Fsp3) is 0.133. The van der Waals surface area contributed by atoms with E-state index in [1.807, 2.05) is 50.2 Å². The van der Waals surface area contributed by atoms with E-state index in [1.54, 1.807) is 0 Å². The Labute approximate surface area is 104 Å². The third-order valence-electron chi connectivity index (χ3n) is 3.24. The Kier molecular flexibility index (Phi) is 2.33. The zero-order chi connectivity index (χ0) is 12.7. The van der Waals surface area contributed by atoms with E-state index in [0.717, 1.165) is 33.4 Å². The summed E-state index contributed by atoms with van der Waals surface area (Å²) in [4.78, 5) is 18.2. The minimum Gasteiger partial charge on any atom is -0.354 e. The van der Waals surface area contributed by atoms with Crippen LogP contribution in [0, 0.1) is 13.8 Å². The van der Waals surface area contributed by atoms with E-state index < -0.39 is 0 Å². The molecule has 0 saturated heterocycles. The van der Waals surface area contributed by atoms with Crippen molar-refractivity contribution in [1.82, 2.24) is 9.97 Å². The molecule has 0 radical (unpaired) electrons. The van der Waals surface area contributed by atoms with E-state index in [4.69, 9.17) is 0 Å². The molecule has 0 atom stereocenters. The van der Waals surface area contributed by atoms with Crippen LogP contribution in [0.2, 0.25) is 0 Å². The highest BCUT2D eigenvalue weighted by Gasteiger charge is 2.12. The molecular formula is C15H14N2O. The number of pyridine rings is 1. The number of aromatic amines is 2. The van der Waals surface area contributed by atoms with Gasteiger partial charge in [0.1, 0.15) is 0 Å². The Morgan fingerprint density at radius 2 is 1.72 bits per heavy atom. The molecule has 2 aromatic heterocycles. The molecule has 0 bridgehead atoms. The van der Waals surface area contributed by atoms with Crippen LogP contribution >= 0.6 is 0 Å². The Morgan fingerprint density at radius 1 is 1.00 bits per heavy atom. The average molecular weight is 238 g/mol. The van der Waals surface area contributed by atoms with Crippen LogP contribution in [-0.4, -0.2) is 9.97 Å². The molecule has 3 heteroatoms. The highest BCUT2D eigenvalue weighted by Crippen LogP contribution is 2.27. The Balaban J connectivity index is 2.37. The van der Waals surface area contributed by atoms with E-state index in [-0.39, 0.29) is 5.56 Å². The molecule has 2 N–H and O–H groups in total. The zero-order valence-electron chi connectivity index (χ0n) is 10.4. The Morgan fingerprint density at radius 3 is 2.44 bits per heavy atom. The van der Waals surface area contributed by atoms with Crippen LogP contribution in [0.1, 0.15) is 11.3 Å². The van der Waals surface area contributed by atoms with Crippen molar-refractivity contribution in [2.75, 3.05) is 0 Å². The number of hydrogen-bond donors (Lipinski definition) is 2. The number of H-pyrrole nitrogens is 2. The summed E-state index contributed by atoms with van der Waals surface area (Å²) in [5, 5.41) is 0.749. The van der Waals surface area contributed by atoms with Gasteiger partial charge in [-0.25, -0.2) is 0 Å². The van der Waals surface area contributed by atoms with Gasteiger partial charge in [-0.3, -0.25) is 4.79 Å². The predicted molar refractivity (Wildman–Crippen MR) is 73.8 cm³/mol. The van der Waals surface area contributed by atoms with Crippen molar-refractivity contribution in [3.8, 4) is 11.3 Å². The van der Waals surface area contributed by atoms with Gasteiger partial charge in [0, 0.05) is 11.4 Å². The highest BCUT2D eigenvalue weighted by molar-refractivity contribution is 5.89. The van der Waals surface area contributed by atoms with Crippen LogP contribution in [0.25, 0.3) is 22.2 Å². The van der Waals surface area contributed by atoms with Crippen LogP contribution in [0.15, 0.2) is 41.2 Å². The molecule has 0 amide bonds. The summed E-state index contributed by atoms with van der Waals surface area (Å²) in [6, 6.07) is 12.0. The van der Waals surface area contributed by atoms with Crippen molar-refractivity contribution in [3.63, 3.8) is 0 Å². The largest absolute Gasteiger partial charge is 0.354 e. The summed E-state index contributed by atoms with van der Waals surface area (Å²) in [6.45, 7) is 3.87. The van der Waals surface area contributed by atoms with Gasteiger partial charge in [0.15, 0.2) is 0 Å². The Hall–Kier alpha value is -2.29. The predicted octanol–water partition coefficient (Wildman–Crippen LogP) is 3.14. The van der Waals surface area contributed by atoms with Crippen molar-refractivity contribution in [2.24, 2.45) is 0 Å². The smallest absolute Gasteiger partial charge is 0.257 e. The average Bonchev–Trinajstić information content (AvgIpc) is 2.67. The van der Waals surface area contributed by atoms with Crippen molar-refractivity contribution in [2.45, 2.75) is 13.8 Å². The first-order valence-electron chi connectivity index (χ1n) is 5.94. The molecule has 0 aliphatic heterocycles. The minimum absolute atomic E-state index is 0.0269. The van der Waals surface area contributed by atoms with Crippen LogP contribution in [0.5, 0.6) is 0 Å². The third kappa shape index (κ3) is 1.56. The molecule has 1 aromatic carbocycles. The number of rotatable bonds is 1. The number of fused-ring (bicyclic) bond motifs is 1. The van der Waals surface area contributed by atoms with Gasteiger partial charge in [-0.2, -0.15) is 0 Å². The van der Waals surface area contributed by atoms with Gasteiger partial charge in [0.25, 0.3) is 5.56 Å². The molecule has 0 unspecified atom stereocenters. The lowest BCUT2D eigenvalue weighted by atomic mass is 10.1. The lowest BCUT2D eigenvalue weighted by Gasteiger charge is -1.98. The number of nitrogens with one attached hydrogen (secondary N) is 2. The number of aromatic nitrogens is 2. The first kappa shape index (κ1) is 10.8. The van der Waals surface area contributed by atoms with Crippen molar-refractivity contribution >= 4 is 10.9 Å². The Bertz CT molecular complexity index is 766. The second kappa shape index (κ2) is 3.88. The van der Waals surface area contributed by atoms with E-state index in [9.17, 15) is 4.79 Å². The molecule has 0 saturated carbocycles. The van der Waals surface area contributed by atoms with E-state index in [1.165, 1.54) is 0 Å². The number of benzene rings is 1. The molecule has 0 aliphatic rings. The van der Waals surface area contributed by atoms with Gasteiger partial charge >= 0.3 is 0 Å². The SMILES string of the molecule is Cc1cc2[nH]c(-c3ccccc3)c(C)c2c(=O)[nH]1. The van der Waals surface area contributed by atoms with Gasteiger partial charge in [0.05, 0.1) is 10.9 Å². The summed E-state index contributed by atoms with van der Waals surface area (Å²) in [6.07, 6.45) is 0. The second-order valence-electron chi connectivity index (χ2n) is 4.56. The van der Waals surface area contributed by atoms with Gasteiger partial charge in [-0.05, 0) is 31.0 Å². The molecule has 3 rings (SSSR count). The molecule has 90 valence electrons. The molecule has 3 nitrogen and oxygen atoms in total. The molecule has 0 spiro atoms. The fourth-order valence-electron chi connectivity index (χ4n) is 2.41. The van der Waals surface area contributed by atoms with Gasteiger partial charge < -0.3 is 9.97 Å². The molecule has 0 aliphatic carbocycles. The topological polar surface area (TPSA) is 48.6 Å². The first-order valence-corrected chi connectivity index (χ1v) is 5.94. The summed E-state index contributed by atoms with van der Waals surface area (Å²) in [5.74, 6) is 0. The molecule has 0 fully saturated rings. The van der Waals surface area contributed by atoms with Crippen LogP contribution in [0.4, 0.5) is 0 Å². The molecular weight excluding hydrogens is 224 g/mol. The van der Waals surface area contributed by atoms with E-state index in [2.05, 4.69) is 9.97 Å². The third-order valence-corrected chi connectivity index (χ3v) is 3.24. The maximum Gasteiger partial charge on any atom is 0.257 e. The van der Waals surface area contributed by atoms with E-state index in [0.29, 0.717) is 0 Å². The van der Waals surface area contributed by atoms with Gasteiger partial charge in [-0.15, -0.1) is 0 Å². The van der Waals surface area contributed by atoms with Crippen LogP contribution in [0.3, 0.4) is 0 Å². The molecule has 2 heterocycles. The normalized spacial score (nSPS) is 11.0. The number of hydrogen-bond acceptors (Lipinski definition) is 1. The number of aryl methyl sites for hydroxylation is 2. The maximum absolute atomic E-state index is 12.0. The van der Waals surface area contributed by atoms with Crippen molar-refractivity contribution in [3.05, 3.63) is 58.0 Å². The first-order chi connectivity index (χ1) is 8.66. The molecule has 18 heavy (non-hydrogen) atoms. The molecule has 3 aromatic rings. The van der Waals surface area contributed by atoms with Gasteiger partial charge in [-0.1, -0.05) is 30.3 Å². The maximum atomic E-state index is 12.0. The summed E-state index contributed by atoms with van der Waals surface area (Å²) < 4.78 is 0. The zero-order valence-corrected chi connectivity index (χ0v) is 10.4. The second-order valence-corrected chi connectivity index (χ2v) is 4.56. The summed E-state index contributed by atoms with van der Waals surface area (Å²) in [7, 11) is 0. The fourth-order valence-corrected chi connectivity index (χ4v) is 2.41. The quantitative estimate of drug-likeness (QED) is 0.672. The van der Waals surface area contributed by atoms with E-state index >= 15 is 0 Å². The van der Waals surface area contributed by atoms with Crippen molar-refractivity contribution in [1.29, 1.82) is 0 Å². The minimum atomic E-state index is -0.0269. The van der Waals surface area contributed by atoms with Crippen molar-refractivity contribution < 1.29 is 0 Å². The van der Waals surface area contributed by atoms with Crippen LogP contribution < -0.4 is 5.56 Å². The summed E-state index contributed by atoms with van der Waals surface area (Å²) >= 11 is 0. The lowest BCUT2D eigenvalue weighted by Crippen LogP contribution is -2.06. The monoisotopic (exact) mass is 238 g/mol.